The number of non-ortho nitro benzene ring substituents is 1. The number of aryl methyl sites for hydroxylation is 1. The molecule has 1 aliphatic rings. The van der Waals surface area contributed by atoms with Crippen LogP contribution < -0.4 is 10.2 Å². The normalized spacial score (nSPS) is 16.2. The molecule has 0 bridgehead atoms. The number of piperidine rings is 1. The van der Waals surface area contributed by atoms with Crippen molar-refractivity contribution in [1.29, 1.82) is 0 Å². The van der Waals surface area contributed by atoms with Crippen molar-refractivity contribution in [3.8, 4) is 5.69 Å². The minimum Gasteiger partial charge on any atom is -0.367 e. The Kier molecular flexibility index (Phi) is 5.66. The molecule has 160 valence electrons. The molecule has 1 amide bonds. The van der Waals surface area contributed by atoms with E-state index < -0.39 is 4.92 Å². The number of benzene rings is 2. The molecule has 0 radical (unpaired) electrons. The number of aromatic nitrogens is 2. The van der Waals surface area contributed by atoms with Crippen molar-refractivity contribution in [3.63, 3.8) is 0 Å². The summed E-state index contributed by atoms with van der Waals surface area (Å²) in [6.07, 6.45) is 3.28. The highest BCUT2D eigenvalue weighted by atomic mass is 19.1. The van der Waals surface area contributed by atoms with Gasteiger partial charge in [0, 0.05) is 37.5 Å². The van der Waals surface area contributed by atoms with Gasteiger partial charge in [0.15, 0.2) is 5.69 Å². The van der Waals surface area contributed by atoms with Crippen molar-refractivity contribution in [3.05, 3.63) is 81.9 Å². The van der Waals surface area contributed by atoms with E-state index in [2.05, 4.69) is 10.4 Å². The second-order valence-corrected chi connectivity index (χ2v) is 7.63. The molecule has 1 unspecified atom stereocenters. The number of rotatable bonds is 5. The smallest absolute Gasteiger partial charge is 0.272 e. The van der Waals surface area contributed by atoms with E-state index in [0.29, 0.717) is 17.9 Å². The third-order valence-electron chi connectivity index (χ3n) is 5.35. The first-order valence-corrected chi connectivity index (χ1v) is 10.0. The predicted molar refractivity (Wildman–Crippen MR) is 114 cm³/mol. The van der Waals surface area contributed by atoms with Gasteiger partial charge >= 0.3 is 0 Å². The van der Waals surface area contributed by atoms with E-state index in [1.165, 1.54) is 22.9 Å². The maximum Gasteiger partial charge on any atom is 0.272 e. The van der Waals surface area contributed by atoms with Crippen molar-refractivity contribution in [1.82, 2.24) is 15.1 Å². The highest BCUT2D eigenvalue weighted by Gasteiger charge is 2.24. The molecule has 31 heavy (non-hydrogen) atoms. The molecule has 2 heterocycles. The summed E-state index contributed by atoms with van der Waals surface area (Å²) in [5.41, 5.74) is 2.39. The van der Waals surface area contributed by atoms with E-state index in [9.17, 15) is 19.3 Å². The zero-order valence-corrected chi connectivity index (χ0v) is 17.0. The van der Waals surface area contributed by atoms with E-state index >= 15 is 0 Å². The summed E-state index contributed by atoms with van der Waals surface area (Å²) in [5, 5.41) is 18.1. The van der Waals surface area contributed by atoms with Crippen LogP contribution >= 0.6 is 0 Å². The lowest BCUT2D eigenvalue weighted by molar-refractivity contribution is -0.384. The van der Waals surface area contributed by atoms with Gasteiger partial charge in [-0.05, 0) is 55.7 Å². The van der Waals surface area contributed by atoms with Crippen molar-refractivity contribution in [2.75, 3.05) is 18.0 Å². The maximum atomic E-state index is 14.3. The number of carbonyl (C=O) groups excluding carboxylic acids is 1. The van der Waals surface area contributed by atoms with Crippen LogP contribution in [0.3, 0.4) is 0 Å². The number of nitrogens with one attached hydrogen (secondary N) is 1. The monoisotopic (exact) mass is 423 g/mol. The zero-order valence-electron chi connectivity index (χ0n) is 17.0. The summed E-state index contributed by atoms with van der Waals surface area (Å²) in [5.74, 6) is -0.573. The Hall–Kier alpha value is -3.75. The Labute approximate surface area is 178 Å². The first-order valence-electron chi connectivity index (χ1n) is 10.0. The fourth-order valence-electron chi connectivity index (χ4n) is 3.75. The molecule has 1 N–H and O–H groups in total. The van der Waals surface area contributed by atoms with Gasteiger partial charge in [-0.25, -0.2) is 9.07 Å². The number of nitro groups is 1. The van der Waals surface area contributed by atoms with Crippen LogP contribution in [-0.4, -0.2) is 39.7 Å². The number of anilines is 1. The number of nitrogens with zero attached hydrogens (tertiary/aromatic N) is 4. The van der Waals surface area contributed by atoms with Crippen molar-refractivity contribution < 1.29 is 14.1 Å². The fraction of sp³-hybridized carbons (Fsp3) is 0.273. The molecule has 1 aromatic heterocycles. The van der Waals surface area contributed by atoms with Crippen LogP contribution in [0.4, 0.5) is 15.8 Å². The second kappa shape index (κ2) is 8.55. The quantitative estimate of drug-likeness (QED) is 0.500. The van der Waals surface area contributed by atoms with Gasteiger partial charge in [-0.15, -0.1) is 0 Å². The van der Waals surface area contributed by atoms with E-state index in [1.807, 2.05) is 17.9 Å². The first kappa shape index (κ1) is 20.5. The van der Waals surface area contributed by atoms with Crippen LogP contribution in [0.15, 0.2) is 54.7 Å². The standard InChI is InChI=1S/C22H22FN5O3/c1-15-4-9-19(23)21(13-15)26-11-2-3-16(14-26)24-22(29)20-10-12-27(25-20)17-5-7-18(8-6-17)28(30)31/h4-10,12-13,16H,2-3,11,14H2,1H3,(H,24,29). The van der Waals surface area contributed by atoms with E-state index in [4.69, 9.17) is 0 Å². The molecule has 3 aromatic rings. The molecular weight excluding hydrogens is 401 g/mol. The number of halogens is 1. The minimum absolute atomic E-state index is 0.0132. The third kappa shape index (κ3) is 4.55. The summed E-state index contributed by atoms with van der Waals surface area (Å²) in [6.45, 7) is 3.18. The number of nitro benzene ring substituents is 1. The van der Waals surface area contributed by atoms with E-state index in [0.717, 1.165) is 24.9 Å². The van der Waals surface area contributed by atoms with Gasteiger partial charge in [-0.1, -0.05) is 6.07 Å². The lowest BCUT2D eigenvalue weighted by Crippen LogP contribution is -2.48. The van der Waals surface area contributed by atoms with Gasteiger partial charge in [0.1, 0.15) is 5.82 Å². The molecule has 1 fully saturated rings. The molecule has 1 aliphatic heterocycles. The predicted octanol–water partition coefficient (Wildman–Crippen LogP) is 3.63. The Bertz CT molecular complexity index is 1110. The molecule has 1 saturated heterocycles. The fourth-order valence-corrected chi connectivity index (χ4v) is 3.75. The average molecular weight is 423 g/mol. The summed E-state index contributed by atoms with van der Waals surface area (Å²) >= 11 is 0. The molecule has 0 aliphatic carbocycles. The number of amides is 1. The summed E-state index contributed by atoms with van der Waals surface area (Å²) in [6, 6.07) is 12.4. The van der Waals surface area contributed by atoms with Crippen LogP contribution in [0.2, 0.25) is 0 Å². The molecule has 8 nitrogen and oxygen atoms in total. The maximum absolute atomic E-state index is 14.3. The number of hydrogen-bond donors (Lipinski definition) is 1. The summed E-state index contributed by atoms with van der Waals surface area (Å²) in [7, 11) is 0. The molecule has 1 atom stereocenters. The average Bonchev–Trinajstić information content (AvgIpc) is 3.26. The molecule has 2 aromatic carbocycles. The van der Waals surface area contributed by atoms with Crippen LogP contribution in [0.5, 0.6) is 0 Å². The summed E-state index contributed by atoms with van der Waals surface area (Å²) < 4.78 is 15.8. The van der Waals surface area contributed by atoms with Crippen LogP contribution in [0, 0.1) is 22.9 Å². The Morgan fingerprint density at radius 1 is 1.23 bits per heavy atom. The first-order chi connectivity index (χ1) is 14.9. The molecule has 9 heteroatoms. The number of hydrogen-bond acceptors (Lipinski definition) is 5. The minimum atomic E-state index is -0.470. The third-order valence-corrected chi connectivity index (χ3v) is 5.35. The van der Waals surface area contributed by atoms with Crippen molar-refractivity contribution in [2.24, 2.45) is 0 Å². The lowest BCUT2D eigenvalue weighted by atomic mass is 10.0. The lowest BCUT2D eigenvalue weighted by Gasteiger charge is -2.35. The Morgan fingerprint density at radius 3 is 2.74 bits per heavy atom. The SMILES string of the molecule is Cc1ccc(F)c(N2CCCC(NC(=O)c3ccn(-c4ccc([N+](=O)[O-])cc4)n3)C2)c1. The van der Waals surface area contributed by atoms with Gasteiger partial charge in [-0.2, -0.15) is 5.10 Å². The van der Waals surface area contributed by atoms with Gasteiger partial charge in [-0.3, -0.25) is 14.9 Å². The largest absolute Gasteiger partial charge is 0.367 e. The second-order valence-electron chi connectivity index (χ2n) is 7.63. The highest BCUT2D eigenvalue weighted by molar-refractivity contribution is 5.92. The highest BCUT2D eigenvalue weighted by Crippen LogP contribution is 2.24. The van der Waals surface area contributed by atoms with Gasteiger partial charge in [0.25, 0.3) is 11.6 Å². The Morgan fingerprint density at radius 2 is 2.00 bits per heavy atom. The van der Waals surface area contributed by atoms with E-state index in [-0.39, 0.29) is 29.1 Å². The molecule has 0 spiro atoms. The summed E-state index contributed by atoms with van der Waals surface area (Å²) in [4.78, 5) is 25.0. The zero-order chi connectivity index (χ0) is 22.0. The van der Waals surface area contributed by atoms with E-state index in [1.54, 1.807) is 30.5 Å². The molecule has 4 rings (SSSR count). The van der Waals surface area contributed by atoms with Gasteiger partial charge in [0.05, 0.1) is 16.3 Å². The Balaban J connectivity index is 1.42. The molecule has 0 saturated carbocycles. The van der Waals surface area contributed by atoms with Crippen molar-refractivity contribution >= 4 is 17.3 Å². The van der Waals surface area contributed by atoms with Gasteiger partial charge in [0.2, 0.25) is 0 Å². The van der Waals surface area contributed by atoms with Crippen molar-refractivity contribution in [2.45, 2.75) is 25.8 Å². The van der Waals surface area contributed by atoms with Crippen LogP contribution in [-0.2, 0) is 0 Å². The topological polar surface area (TPSA) is 93.3 Å². The van der Waals surface area contributed by atoms with Crippen LogP contribution in [0.25, 0.3) is 5.69 Å². The molecular formula is C22H22FN5O3. The van der Waals surface area contributed by atoms with Gasteiger partial charge < -0.3 is 10.2 Å². The van der Waals surface area contributed by atoms with Crippen LogP contribution in [0.1, 0.15) is 28.9 Å². The number of carbonyl (C=O) groups is 1.